The van der Waals surface area contributed by atoms with Crippen LogP contribution >= 0.6 is 0 Å². The maximum Gasteiger partial charge on any atom is 0.0543 e. The van der Waals surface area contributed by atoms with Gasteiger partial charge in [-0.1, -0.05) is 115 Å². The number of aryl methyl sites for hydroxylation is 3. The van der Waals surface area contributed by atoms with Crippen molar-refractivity contribution >= 4 is 38.9 Å². The molecule has 1 heterocycles. The smallest absolute Gasteiger partial charge is 0.0543 e. The summed E-state index contributed by atoms with van der Waals surface area (Å²) in [4.78, 5) is 2.43. The van der Waals surface area contributed by atoms with Crippen LogP contribution in [0.3, 0.4) is 0 Å². The Morgan fingerprint density at radius 2 is 1.00 bits per heavy atom. The SMILES string of the molecule is Cc1ccc(N(c2ccc(-c3ccc(-n4c5ccc(C)cc5c5cc(C)ccc54)cc3)cc2)c2cccc3c2-c2ccccc2C3(C)C)cc1. The molecule has 1 aliphatic rings. The zero-order valence-corrected chi connectivity index (χ0v) is 29.3. The molecule has 7 aromatic carbocycles. The first-order valence-electron chi connectivity index (χ1n) is 17.6. The lowest BCUT2D eigenvalue weighted by molar-refractivity contribution is 0.660. The van der Waals surface area contributed by atoms with Gasteiger partial charge in [0.1, 0.15) is 0 Å². The van der Waals surface area contributed by atoms with Crippen molar-refractivity contribution in [2.24, 2.45) is 0 Å². The van der Waals surface area contributed by atoms with Crippen molar-refractivity contribution in [1.29, 1.82) is 0 Å². The highest BCUT2D eigenvalue weighted by molar-refractivity contribution is 6.09. The molecular weight excluding hydrogens is 605 g/mol. The first-order chi connectivity index (χ1) is 24.3. The summed E-state index contributed by atoms with van der Waals surface area (Å²) in [6.45, 7) is 11.2. The summed E-state index contributed by atoms with van der Waals surface area (Å²) < 4.78 is 2.40. The molecule has 8 aromatic rings. The third-order valence-corrected chi connectivity index (χ3v) is 10.8. The standard InChI is InChI=1S/C48H40N2/c1-31-13-21-36(22-14-31)49(46-12-8-11-43-47(46)39-9-6-7-10-42(39)48(43,4)5)37-23-17-34(18-24-37)35-19-25-38(26-20-35)50-44-27-15-32(2)29-40(44)41-30-33(3)16-28-45(41)50/h6-30H,1-5H3. The number of nitrogens with zero attached hydrogens (tertiary/aromatic N) is 2. The third kappa shape index (κ3) is 4.70. The lowest BCUT2D eigenvalue weighted by Gasteiger charge is -2.29. The van der Waals surface area contributed by atoms with Gasteiger partial charge in [-0.05, 0) is 115 Å². The fourth-order valence-electron chi connectivity index (χ4n) is 8.18. The highest BCUT2D eigenvalue weighted by atomic mass is 15.1. The van der Waals surface area contributed by atoms with E-state index < -0.39 is 0 Å². The van der Waals surface area contributed by atoms with E-state index in [2.05, 4.69) is 196 Å². The van der Waals surface area contributed by atoms with E-state index in [0.29, 0.717) is 0 Å². The van der Waals surface area contributed by atoms with E-state index in [1.807, 2.05) is 0 Å². The third-order valence-electron chi connectivity index (χ3n) is 10.8. The minimum absolute atomic E-state index is 0.0615. The Morgan fingerprint density at radius 1 is 0.480 bits per heavy atom. The molecule has 9 rings (SSSR count). The Balaban J connectivity index is 1.12. The molecule has 2 nitrogen and oxygen atoms in total. The number of benzene rings is 7. The Labute approximate surface area is 294 Å². The molecule has 0 saturated heterocycles. The number of aromatic nitrogens is 1. The van der Waals surface area contributed by atoms with E-state index in [1.54, 1.807) is 0 Å². The van der Waals surface area contributed by atoms with E-state index in [0.717, 1.165) is 11.4 Å². The van der Waals surface area contributed by atoms with Crippen molar-refractivity contribution < 1.29 is 0 Å². The number of hydrogen-bond acceptors (Lipinski definition) is 1. The van der Waals surface area contributed by atoms with Crippen molar-refractivity contribution in [2.45, 2.75) is 40.0 Å². The van der Waals surface area contributed by atoms with Crippen LogP contribution in [0, 0.1) is 20.8 Å². The number of hydrogen-bond donors (Lipinski definition) is 0. The summed E-state index contributed by atoms with van der Waals surface area (Å²) in [5.74, 6) is 0. The summed E-state index contributed by atoms with van der Waals surface area (Å²) in [7, 11) is 0. The second-order valence-corrected chi connectivity index (χ2v) is 14.5. The molecule has 0 fully saturated rings. The van der Waals surface area contributed by atoms with Gasteiger partial charge in [-0.15, -0.1) is 0 Å². The molecule has 242 valence electrons. The predicted molar refractivity (Wildman–Crippen MR) is 213 cm³/mol. The van der Waals surface area contributed by atoms with Crippen LogP contribution in [0.2, 0.25) is 0 Å². The van der Waals surface area contributed by atoms with Gasteiger partial charge in [-0.3, -0.25) is 0 Å². The van der Waals surface area contributed by atoms with Crippen LogP contribution in [0.25, 0.3) is 49.7 Å². The minimum atomic E-state index is -0.0615. The molecule has 0 bridgehead atoms. The van der Waals surface area contributed by atoms with Crippen LogP contribution in [0.5, 0.6) is 0 Å². The van der Waals surface area contributed by atoms with Gasteiger partial charge in [-0.25, -0.2) is 0 Å². The van der Waals surface area contributed by atoms with E-state index in [4.69, 9.17) is 0 Å². The quantitative estimate of drug-likeness (QED) is 0.181. The number of fused-ring (bicyclic) bond motifs is 6. The highest BCUT2D eigenvalue weighted by Crippen LogP contribution is 2.54. The normalized spacial score (nSPS) is 13.1. The van der Waals surface area contributed by atoms with Gasteiger partial charge in [-0.2, -0.15) is 0 Å². The highest BCUT2D eigenvalue weighted by Gasteiger charge is 2.37. The maximum atomic E-state index is 2.43. The first kappa shape index (κ1) is 30.2. The minimum Gasteiger partial charge on any atom is -0.310 e. The maximum absolute atomic E-state index is 2.43. The molecule has 0 amide bonds. The summed E-state index contributed by atoms with van der Waals surface area (Å²) in [5.41, 5.74) is 18.7. The van der Waals surface area contributed by atoms with Gasteiger partial charge in [0, 0.05) is 38.8 Å². The van der Waals surface area contributed by atoms with Crippen LogP contribution in [0.4, 0.5) is 17.1 Å². The van der Waals surface area contributed by atoms with E-state index in [-0.39, 0.29) is 5.41 Å². The predicted octanol–water partition coefficient (Wildman–Crippen LogP) is 13.2. The second-order valence-electron chi connectivity index (χ2n) is 14.5. The van der Waals surface area contributed by atoms with Gasteiger partial charge >= 0.3 is 0 Å². The molecule has 0 unspecified atom stereocenters. The van der Waals surface area contributed by atoms with Crippen molar-refractivity contribution in [3.63, 3.8) is 0 Å². The fraction of sp³-hybridized carbons (Fsp3) is 0.125. The summed E-state index contributed by atoms with van der Waals surface area (Å²) in [6.07, 6.45) is 0. The average molecular weight is 645 g/mol. The fourth-order valence-corrected chi connectivity index (χ4v) is 8.18. The van der Waals surface area contributed by atoms with Crippen LogP contribution in [-0.4, -0.2) is 4.57 Å². The molecule has 0 spiro atoms. The van der Waals surface area contributed by atoms with E-state index >= 15 is 0 Å². The summed E-state index contributed by atoms with van der Waals surface area (Å²) >= 11 is 0. The van der Waals surface area contributed by atoms with Crippen LogP contribution < -0.4 is 4.90 Å². The summed E-state index contributed by atoms with van der Waals surface area (Å²) in [6, 6.07) is 56.3. The zero-order valence-electron chi connectivity index (χ0n) is 29.3. The van der Waals surface area contributed by atoms with E-state index in [9.17, 15) is 0 Å². The molecule has 50 heavy (non-hydrogen) atoms. The van der Waals surface area contributed by atoms with Gasteiger partial charge in [0.2, 0.25) is 0 Å². The Morgan fingerprint density at radius 3 is 1.62 bits per heavy atom. The topological polar surface area (TPSA) is 8.17 Å². The monoisotopic (exact) mass is 644 g/mol. The lowest BCUT2D eigenvalue weighted by atomic mass is 9.82. The van der Waals surface area contributed by atoms with Crippen molar-refractivity contribution in [3.8, 4) is 27.9 Å². The van der Waals surface area contributed by atoms with Gasteiger partial charge in [0.15, 0.2) is 0 Å². The van der Waals surface area contributed by atoms with E-state index in [1.165, 1.54) is 83.3 Å². The Hall–Kier alpha value is -5.86. The molecule has 0 radical (unpaired) electrons. The molecule has 0 aliphatic heterocycles. The average Bonchev–Trinajstić information content (AvgIpc) is 3.57. The lowest BCUT2D eigenvalue weighted by Crippen LogP contribution is -2.16. The first-order valence-corrected chi connectivity index (χ1v) is 17.6. The van der Waals surface area contributed by atoms with Gasteiger partial charge in [0.05, 0.1) is 16.7 Å². The molecule has 0 N–H and O–H groups in total. The van der Waals surface area contributed by atoms with Crippen molar-refractivity contribution in [3.05, 3.63) is 179 Å². The summed E-state index contributed by atoms with van der Waals surface area (Å²) in [5, 5.41) is 2.61. The van der Waals surface area contributed by atoms with Crippen LogP contribution in [0.15, 0.2) is 152 Å². The molecular formula is C48H40N2. The van der Waals surface area contributed by atoms with Crippen LogP contribution in [0.1, 0.15) is 41.7 Å². The Kier molecular flexibility index (Phi) is 6.86. The Bertz CT molecular complexity index is 2510. The molecule has 0 saturated carbocycles. The van der Waals surface area contributed by atoms with Crippen LogP contribution in [-0.2, 0) is 5.41 Å². The molecule has 1 aromatic heterocycles. The van der Waals surface area contributed by atoms with Crippen molar-refractivity contribution in [1.82, 2.24) is 4.57 Å². The molecule has 1 aliphatic carbocycles. The zero-order chi connectivity index (χ0) is 34.1. The molecule has 0 atom stereocenters. The van der Waals surface area contributed by atoms with Gasteiger partial charge < -0.3 is 9.47 Å². The number of anilines is 3. The second kappa shape index (κ2) is 11.4. The number of rotatable bonds is 5. The molecule has 2 heteroatoms. The van der Waals surface area contributed by atoms with Gasteiger partial charge in [0.25, 0.3) is 0 Å². The largest absolute Gasteiger partial charge is 0.310 e. The van der Waals surface area contributed by atoms with Crippen molar-refractivity contribution in [2.75, 3.05) is 4.90 Å².